The van der Waals surface area contributed by atoms with Gasteiger partial charge in [-0.1, -0.05) is 23.7 Å². The van der Waals surface area contributed by atoms with E-state index in [1.807, 2.05) is 6.92 Å². The molecule has 2 amide bonds. The van der Waals surface area contributed by atoms with Gasteiger partial charge >= 0.3 is 0 Å². The molecule has 0 spiro atoms. The van der Waals surface area contributed by atoms with Crippen molar-refractivity contribution in [2.45, 2.75) is 44.6 Å². The zero-order valence-corrected chi connectivity index (χ0v) is 17.3. The minimum atomic E-state index is -0.912. The summed E-state index contributed by atoms with van der Waals surface area (Å²) in [6.45, 7) is 2.02. The Morgan fingerprint density at radius 1 is 1.39 bits per heavy atom. The molecule has 4 heterocycles. The number of aromatic nitrogens is 1. The molecule has 0 radical (unpaired) electrons. The summed E-state index contributed by atoms with van der Waals surface area (Å²) in [6, 6.07) is 3.94. The Kier molecular flexibility index (Phi) is 4.56. The van der Waals surface area contributed by atoms with Gasteiger partial charge in [-0.3, -0.25) is 14.4 Å². The number of aromatic hydroxyl groups is 1. The normalized spacial score (nSPS) is 23.6. The molecule has 0 saturated carbocycles. The van der Waals surface area contributed by atoms with Crippen molar-refractivity contribution in [1.29, 1.82) is 0 Å². The number of nitrogens with one attached hydrogen (secondary N) is 1. The van der Waals surface area contributed by atoms with Crippen LogP contribution in [0.15, 0.2) is 23.0 Å². The van der Waals surface area contributed by atoms with Crippen LogP contribution in [0.1, 0.15) is 51.5 Å². The maximum Gasteiger partial charge on any atom is 0.276 e. The molecule has 2 aromatic rings. The predicted molar refractivity (Wildman–Crippen MR) is 108 cm³/mol. The molecule has 2 N–H and O–H groups in total. The Labute approximate surface area is 181 Å². The highest BCUT2D eigenvalue weighted by atomic mass is 35.5. The molecule has 1 fully saturated rings. The number of carbonyl (C=O) groups excluding carboxylic acids is 2. The highest BCUT2D eigenvalue weighted by Crippen LogP contribution is 2.43. The van der Waals surface area contributed by atoms with E-state index in [1.165, 1.54) is 12.1 Å². The largest absolute Gasteiger partial charge is 0.503 e. The van der Waals surface area contributed by atoms with E-state index in [4.69, 9.17) is 16.3 Å². The van der Waals surface area contributed by atoms with Gasteiger partial charge in [0.2, 0.25) is 5.43 Å². The van der Waals surface area contributed by atoms with Gasteiger partial charge in [-0.25, -0.2) is 4.39 Å². The molecule has 2 unspecified atom stereocenters. The third-order valence-corrected chi connectivity index (χ3v) is 6.51. The zero-order valence-electron chi connectivity index (χ0n) is 16.5. The van der Waals surface area contributed by atoms with Crippen LogP contribution in [0.3, 0.4) is 0 Å². The van der Waals surface area contributed by atoms with Gasteiger partial charge < -0.3 is 24.6 Å². The van der Waals surface area contributed by atoms with Crippen LogP contribution < -0.4 is 10.7 Å². The number of benzene rings is 1. The van der Waals surface area contributed by atoms with Crippen molar-refractivity contribution in [3.8, 4) is 5.75 Å². The van der Waals surface area contributed by atoms with Gasteiger partial charge in [0.05, 0.1) is 23.7 Å². The van der Waals surface area contributed by atoms with E-state index in [1.54, 1.807) is 15.5 Å². The molecule has 0 bridgehead atoms. The summed E-state index contributed by atoms with van der Waals surface area (Å²) in [5.74, 6) is -2.65. The van der Waals surface area contributed by atoms with Gasteiger partial charge in [0.15, 0.2) is 17.7 Å². The Bertz CT molecular complexity index is 1200. The second-order valence-corrected chi connectivity index (χ2v) is 8.41. The molecule has 162 valence electrons. The van der Waals surface area contributed by atoms with Gasteiger partial charge in [-0.15, -0.1) is 0 Å². The van der Waals surface area contributed by atoms with Crippen LogP contribution >= 0.6 is 11.6 Å². The van der Waals surface area contributed by atoms with E-state index in [9.17, 15) is 23.9 Å². The van der Waals surface area contributed by atoms with Gasteiger partial charge in [0, 0.05) is 17.8 Å². The molecule has 3 aliphatic heterocycles. The summed E-state index contributed by atoms with van der Waals surface area (Å²) < 4.78 is 21.5. The number of hydrogen-bond acceptors (Lipinski definition) is 5. The van der Waals surface area contributed by atoms with Gasteiger partial charge in [-0.2, -0.15) is 0 Å². The quantitative estimate of drug-likeness (QED) is 0.749. The maximum atomic E-state index is 14.1. The second-order valence-electron chi connectivity index (χ2n) is 8.01. The summed E-state index contributed by atoms with van der Waals surface area (Å²) in [5.41, 5.74) is -0.711. The van der Waals surface area contributed by atoms with Gasteiger partial charge in [0.25, 0.3) is 11.8 Å². The van der Waals surface area contributed by atoms with E-state index in [-0.39, 0.29) is 40.5 Å². The highest BCUT2D eigenvalue weighted by molar-refractivity contribution is 6.30. The molecule has 1 aromatic carbocycles. The Balaban J connectivity index is 1.55. The van der Waals surface area contributed by atoms with Crippen LogP contribution in [0.4, 0.5) is 4.39 Å². The van der Waals surface area contributed by atoms with Crippen LogP contribution in [-0.4, -0.2) is 45.3 Å². The number of rotatable bonds is 3. The SMILES string of the molecule is C[C@@H]1COC2C3CCc4c(C(=O)NCc5cccc(Cl)c5F)c(=O)c(O)c(n43)C(=O)N21. The molecule has 5 rings (SSSR count). The molecule has 3 aliphatic rings. The fourth-order valence-electron chi connectivity index (χ4n) is 4.79. The standard InChI is InChI=1S/C21H19ClFN3O5/c1-9-8-31-21-13-6-5-12-14(17(27)18(28)16(26(12)13)20(30)25(9)21)19(29)24-7-10-3-2-4-11(22)15(10)23/h2-4,9,13,21,28H,5-8H2,1H3,(H,24,29)/t9-,13?,21?/m1/s1. The number of halogens is 2. The first-order valence-corrected chi connectivity index (χ1v) is 10.3. The fraction of sp³-hybridized carbons (Fsp3) is 0.381. The van der Waals surface area contributed by atoms with Crippen LogP contribution in [0, 0.1) is 5.82 Å². The molecular weight excluding hydrogens is 429 g/mol. The number of hydrogen-bond donors (Lipinski definition) is 2. The number of carbonyl (C=O) groups is 2. The number of pyridine rings is 1. The molecular formula is C21H19ClFN3O5. The lowest BCUT2D eigenvalue weighted by Gasteiger charge is -2.38. The van der Waals surface area contributed by atoms with E-state index in [0.717, 1.165) is 0 Å². The molecule has 10 heteroatoms. The first-order valence-electron chi connectivity index (χ1n) is 9.97. The van der Waals surface area contributed by atoms with E-state index >= 15 is 0 Å². The first-order chi connectivity index (χ1) is 14.8. The predicted octanol–water partition coefficient (Wildman–Crippen LogP) is 1.96. The van der Waals surface area contributed by atoms with Crippen molar-refractivity contribution in [3.63, 3.8) is 0 Å². The smallest absolute Gasteiger partial charge is 0.276 e. The average Bonchev–Trinajstić information content (AvgIpc) is 3.33. The van der Waals surface area contributed by atoms with Gasteiger partial charge in [-0.05, 0) is 25.8 Å². The van der Waals surface area contributed by atoms with Crippen molar-refractivity contribution < 1.29 is 23.8 Å². The van der Waals surface area contributed by atoms with Crippen LogP contribution in [0.25, 0.3) is 0 Å². The molecule has 1 aromatic heterocycles. The average molecular weight is 448 g/mol. The van der Waals surface area contributed by atoms with E-state index < -0.39 is 35.0 Å². The molecule has 8 nitrogen and oxygen atoms in total. The summed E-state index contributed by atoms with van der Waals surface area (Å²) in [6.07, 6.45) is 0.423. The Hall–Kier alpha value is -2.91. The second kappa shape index (κ2) is 7.06. The van der Waals surface area contributed by atoms with E-state index in [0.29, 0.717) is 25.1 Å². The van der Waals surface area contributed by atoms with Crippen LogP contribution in [-0.2, 0) is 17.7 Å². The lowest BCUT2D eigenvalue weighted by molar-refractivity contribution is -0.0144. The third-order valence-electron chi connectivity index (χ3n) is 6.22. The minimum absolute atomic E-state index is 0.0754. The zero-order chi connectivity index (χ0) is 22.0. The van der Waals surface area contributed by atoms with E-state index in [2.05, 4.69) is 5.32 Å². The van der Waals surface area contributed by atoms with Crippen molar-refractivity contribution >= 4 is 23.4 Å². The number of nitrogens with zero attached hydrogens (tertiary/aromatic N) is 2. The van der Waals surface area contributed by atoms with Crippen molar-refractivity contribution in [2.24, 2.45) is 0 Å². The lowest BCUT2D eigenvalue weighted by atomic mass is 10.1. The molecule has 3 atom stereocenters. The van der Waals surface area contributed by atoms with Crippen LogP contribution in [0.2, 0.25) is 5.02 Å². The first kappa shape index (κ1) is 20.0. The fourth-order valence-corrected chi connectivity index (χ4v) is 4.99. The van der Waals surface area contributed by atoms with Crippen molar-refractivity contribution in [2.75, 3.05) is 6.61 Å². The topological polar surface area (TPSA) is 101 Å². The third kappa shape index (κ3) is 2.80. The maximum absolute atomic E-state index is 14.1. The minimum Gasteiger partial charge on any atom is -0.503 e. The highest BCUT2D eigenvalue weighted by Gasteiger charge is 2.51. The monoisotopic (exact) mass is 447 g/mol. The molecule has 31 heavy (non-hydrogen) atoms. The Morgan fingerprint density at radius 2 is 2.16 bits per heavy atom. The van der Waals surface area contributed by atoms with Crippen molar-refractivity contribution in [1.82, 2.24) is 14.8 Å². The summed E-state index contributed by atoms with van der Waals surface area (Å²) in [7, 11) is 0. The van der Waals surface area contributed by atoms with Gasteiger partial charge in [0.1, 0.15) is 11.4 Å². The number of ether oxygens (including phenoxy) is 1. The summed E-state index contributed by atoms with van der Waals surface area (Å²) >= 11 is 5.77. The molecule has 0 aliphatic carbocycles. The number of fused-ring (bicyclic) bond motifs is 2. The Morgan fingerprint density at radius 3 is 2.94 bits per heavy atom. The van der Waals surface area contributed by atoms with Crippen LogP contribution in [0.5, 0.6) is 5.75 Å². The summed E-state index contributed by atoms with van der Waals surface area (Å²) in [5, 5.41) is 13.1. The molecule has 1 saturated heterocycles. The summed E-state index contributed by atoms with van der Waals surface area (Å²) in [4.78, 5) is 40.4. The van der Waals surface area contributed by atoms with Crippen molar-refractivity contribution in [3.05, 3.63) is 61.8 Å². The lowest BCUT2D eigenvalue weighted by Crippen LogP contribution is -2.50. The number of amides is 2.